The van der Waals surface area contributed by atoms with Crippen LogP contribution in [0.15, 0.2) is 18.2 Å². The Hall–Kier alpha value is -1.35. The molecule has 0 aliphatic heterocycles. The first kappa shape index (κ1) is 7.31. The molecule has 0 aliphatic rings. The molecule has 0 fully saturated rings. The monoisotopic (exact) mass is 161 g/mol. The van der Waals surface area contributed by atoms with Crippen LogP contribution in [0.1, 0.15) is 5.82 Å². The number of para-hydroxylation sites is 1. The summed E-state index contributed by atoms with van der Waals surface area (Å²) < 4.78 is 4.95. The van der Waals surface area contributed by atoms with E-state index in [1.165, 1.54) is 0 Å². The van der Waals surface area contributed by atoms with Crippen molar-refractivity contribution >= 4 is 11.0 Å². The minimum Gasteiger partial charge on any atom is -0.377 e. The zero-order chi connectivity index (χ0) is 8.39. The number of aromatic amines is 1. The van der Waals surface area contributed by atoms with E-state index in [1.807, 2.05) is 18.2 Å². The molecular formula is C9H9N2O. The minimum atomic E-state index is 0.516. The maximum atomic E-state index is 4.95. The van der Waals surface area contributed by atoms with Gasteiger partial charge in [-0.25, -0.2) is 4.98 Å². The summed E-state index contributed by atoms with van der Waals surface area (Å²) >= 11 is 0. The summed E-state index contributed by atoms with van der Waals surface area (Å²) in [6.45, 7) is 0.516. The summed E-state index contributed by atoms with van der Waals surface area (Å²) in [5.74, 6) is 0.843. The number of nitrogens with zero attached hydrogens (tertiary/aromatic N) is 1. The molecule has 3 heteroatoms. The number of H-pyrrole nitrogens is 1. The van der Waals surface area contributed by atoms with Gasteiger partial charge in [0.15, 0.2) is 0 Å². The zero-order valence-corrected chi connectivity index (χ0v) is 6.79. The second-order valence-electron chi connectivity index (χ2n) is 2.55. The van der Waals surface area contributed by atoms with Crippen molar-refractivity contribution in [2.75, 3.05) is 7.11 Å². The molecule has 0 atom stereocenters. The molecule has 0 spiro atoms. The van der Waals surface area contributed by atoms with Gasteiger partial charge in [-0.2, -0.15) is 0 Å². The number of fused-ring (bicyclic) bond motifs is 1. The number of nitrogens with one attached hydrogen (secondary N) is 1. The van der Waals surface area contributed by atoms with Crippen molar-refractivity contribution in [3.8, 4) is 0 Å². The Labute approximate surface area is 70.4 Å². The van der Waals surface area contributed by atoms with Gasteiger partial charge in [-0.1, -0.05) is 12.1 Å². The summed E-state index contributed by atoms with van der Waals surface area (Å²) in [5, 5.41) is 0. The Balaban J connectivity index is 2.47. The van der Waals surface area contributed by atoms with Crippen molar-refractivity contribution in [3.05, 3.63) is 30.1 Å². The third-order valence-electron chi connectivity index (χ3n) is 1.64. The molecule has 0 saturated heterocycles. The van der Waals surface area contributed by atoms with Crippen molar-refractivity contribution < 1.29 is 4.74 Å². The van der Waals surface area contributed by atoms with E-state index in [1.54, 1.807) is 7.11 Å². The van der Waals surface area contributed by atoms with Gasteiger partial charge in [-0.3, -0.25) is 0 Å². The van der Waals surface area contributed by atoms with Gasteiger partial charge in [0, 0.05) is 13.2 Å². The fourth-order valence-electron chi connectivity index (χ4n) is 1.14. The zero-order valence-electron chi connectivity index (χ0n) is 6.79. The Morgan fingerprint density at radius 2 is 2.58 bits per heavy atom. The predicted octanol–water partition coefficient (Wildman–Crippen LogP) is 1.51. The Bertz CT molecular complexity index is 348. The fraction of sp³-hybridized carbons (Fsp3) is 0.222. The lowest BCUT2D eigenvalue weighted by Gasteiger charge is -1.89. The van der Waals surface area contributed by atoms with Crippen molar-refractivity contribution in [1.29, 1.82) is 0 Å². The highest BCUT2D eigenvalue weighted by molar-refractivity contribution is 5.73. The number of aromatic nitrogens is 2. The minimum absolute atomic E-state index is 0.516. The number of hydrogen-bond acceptors (Lipinski definition) is 2. The number of hydrogen-bond donors (Lipinski definition) is 1. The molecule has 0 amide bonds. The summed E-state index contributed by atoms with van der Waals surface area (Å²) in [7, 11) is 1.65. The Kier molecular flexibility index (Phi) is 1.80. The van der Waals surface area contributed by atoms with Crippen LogP contribution in [0.2, 0.25) is 0 Å². The average molecular weight is 161 g/mol. The van der Waals surface area contributed by atoms with Crippen LogP contribution in [0.25, 0.3) is 11.0 Å². The van der Waals surface area contributed by atoms with Crippen LogP contribution in [0.5, 0.6) is 0 Å². The van der Waals surface area contributed by atoms with Crippen molar-refractivity contribution in [3.63, 3.8) is 0 Å². The molecule has 61 valence electrons. The van der Waals surface area contributed by atoms with E-state index in [2.05, 4.69) is 16.0 Å². The smallest absolute Gasteiger partial charge is 0.133 e. The highest BCUT2D eigenvalue weighted by Crippen LogP contribution is 2.09. The fourth-order valence-corrected chi connectivity index (χ4v) is 1.14. The first-order chi connectivity index (χ1) is 5.90. The maximum absolute atomic E-state index is 4.95. The molecule has 1 N–H and O–H groups in total. The Morgan fingerprint density at radius 1 is 1.67 bits per heavy atom. The van der Waals surface area contributed by atoms with Gasteiger partial charge in [0.2, 0.25) is 0 Å². The summed E-state index contributed by atoms with van der Waals surface area (Å²) in [5.41, 5.74) is 1.87. The Morgan fingerprint density at radius 3 is 3.33 bits per heavy atom. The quantitative estimate of drug-likeness (QED) is 0.725. The first-order valence-corrected chi connectivity index (χ1v) is 3.74. The normalized spacial score (nSPS) is 10.8. The van der Waals surface area contributed by atoms with Crippen molar-refractivity contribution in [2.24, 2.45) is 0 Å². The van der Waals surface area contributed by atoms with Gasteiger partial charge < -0.3 is 9.72 Å². The van der Waals surface area contributed by atoms with Crippen LogP contribution in [-0.2, 0) is 11.3 Å². The lowest BCUT2D eigenvalue weighted by molar-refractivity contribution is 0.179. The first-order valence-electron chi connectivity index (χ1n) is 3.74. The second-order valence-corrected chi connectivity index (χ2v) is 2.55. The summed E-state index contributed by atoms with van der Waals surface area (Å²) in [6, 6.07) is 8.78. The van der Waals surface area contributed by atoms with E-state index in [0.717, 1.165) is 16.9 Å². The van der Waals surface area contributed by atoms with Gasteiger partial charge in [-0.15, -0.1) is 0 Å². The number of ether oxygens (including phenoxy) is 1. The molecular weight excluding hydrogens is 152 g/mol. The van der Waals surface area contributed by atoms with Crippen LogP contribution in [0.3, 0.4) is 0 Å². The SMILES string of the molecule is COCc1nc2[c]cccc2[nH]1. The predicted molar refractivity (Wildman–Crippen MR) is 45.6 cm³/mol. The molecule has 1 heterocycles. The molecule has 2 rings (SSSR count). The molecule has 3 nitrogen and oxygen atoms in total. The topological polar surface area (TPSA) is 37.9 Å². The molecule has 0 unspecified atom stereocenters. The van der Waals surface area contributed by atoms with Gasteiger partial charge in [0.05, 0.1) is 11.0 Å². The number of benzene rings is 1. The van der Waals surface area contributed by atoms with E-state index < -0.39 is 0 Å². The average Bonchev–Trinajstić information content (AvgIpc) is 2.47. The summed E-state index contributed by atoms with van der Waals surface area (Å²) in [6.07, 6.45) is 0. The second kappa shape index (κ2) is 2.95. The lowest BCUT2D eigenvalue weighted by Crippen LogP contribution is -1.88. The molecule has 12 heavy (non-hydrogen) atoms. The summed E-state index contributed by atoms with van der Waals surface area (Å²) in [4.78, 5) is 7.40. The van der Waals surface area contributed by atoms with Crippen molar-refractivity contribution in [1.82, 2.24) is 9.97 Å². The van der Waals surface area contributed by atoms with E-state index in [4.69, 9.17) is 4.74 Å². The lowest BCUT2D eigenvalue weighted by atomic mass is 10.3. The van der Waals surface area contributed by atoms with Gasteiger partial charge in [0.1, 0.15) is 12.4 Å². The number of imidazole rings is 1. The highest BCUT2D eigenvalue weighted by Gasteiger charge is 1.99. The van der Waals surface area contributed by atoms with Gasteiger partial charge >= 0.3 is 0 Å². The van der Waals surface area contributed by atoms with E-state index in [-0.39, 0.29) is 0 Å². The van der Waals surface area contributed by atoms with Crippen LogP contribution in [0, 0.1) is 6.07 Å². The van der Waals surface area contributed by atoms with Crippen LogP contribution in [0.4, 0.5) is 0 Å². The number of rotatable bonds is 2. The van der Waals surface area contributed by atoms with E-state index >= 15 is 0 Å². The molecule has 1 radical (unpaired) electrons. The standard InChI is InChI=1S/C9H9N2O/c1-12-6-9-10-7-4-2-3-5-8(7)11-9/h2-4H,6H2,1H3,(H,10,11). The number of methoxy groups -OCH3 is 1. The molecule has 2 aromatic rings. The molecule has 0 saturated carbocycles. The van der Waals surface area contributed by atoms with E-state index in [9.17, 15) is 0 Å². The van der Waals surface area contributed by atoms with Crippen LogP contribution in [-0.4, -0.2) is 17.1 Å². The third kappa shape index (κ3) is 1.19. The molecule has 1 aromatic heterocycles. The van der Waals surface area contributed by atoms with E-state index in [0.29, 0.717) is 6.61 Å². The van der Waals surface area contributed by atoms with Gasteiger partial charge in [-0.05, 0) is 6.07 Å². The highest BCUT2D eigenvalue weighted by atomic mass is 16.5. The maximum Gasteiger partial charge on any atom is 0.133 e. The largest absolute Gasteiger partial charge is 0.377 e. The van der Waals surface area contributed by atoms with Crippen molar-refractivity contribution in [2.45, 2.75) is 6.61 Å². The molecule has 0 aliphatic carbocycles. The van der Waals surface area contributed by atoms with Crippen LogP contribution >= 0.6 is 0 Å². The molecule has 0 bridgehead atoms. The molecule has 1 aromatic carbocycles. The third-order valence-corrected chi connectivity index (χ3v) is 1.64. The van der Waals surface area contributed by atoms with Gasteiger partial charge in [0.25, 0.3) is 0 Å². The van der Waals surface area contributed by atoms with Crippen LogP contribution < -0.4 is 0 Å².